The minimum absolute atomic E-state index is 0.0758. The first-order chi connectivity index (χ1) is 8.31. The van der Waals surface area contributed by atoms with E-state index in [1.54, 1.807) is 0 Å². The van der Waals surface area contributed by atoms with E-state index in [0.717, 1.165) is 31.5 Å². The highest BCUT2D eigenvalue weighted by atomic mass is 16.5. The number of ether oxygens (including phenoxy) is 1. The molecule has 0 amide bonds. The van der Waals surface area contributed by atoms with Gasteiger partial charge in [0.2, 0.25) is 0 Å². The summed E-state index contributed by atoms with van der Waals surface area (Å²) in [5, 5.41) is 3.32. The first kappa shape index (κ1) is 12.3. The third-order valence-electron chi connectivity index (χ3n) is 3.00. The van der Waals surface area contributed by atoms with Gasteiger partial charge in [-0.2, -0.15) is 0 Å². The maximum atomic E-state index is 11.9. The van der Waals surface area contributed by atoms with Crippen LogP contribution < -0.4 is 5.32 Å². The lowest BCUT2D eigenvalue weighted by Crippen LogP contribution is -2.24. The van der Waals surface area contributed by atoms with Crippen LogP contribution in [0.2, 0.25) is 0 Å². The summed E-state index contributed by atoms with van der Waals surface area (Å²) in [6, 6.07) is 5.99. The first-order valence-electron chi connectivity index (χ1n) is 6.24. The number of nitrogens with one attached hydrogen (secondary N) is 1. The highest BCUT2D eigenvalue weighted by Gasteiger charge is 2.12. The molecule has 3 heteroatoms. The van der Waals surface area contributed by atoms with Gasteiger partial charge in [-0.3, -0.25) is 4.79 Å². The number of Topliss-reactive ketones (excluding diaryl/α,β-unsaturated/α-hetero) is 1. The van der Waals surface area contributed by atoms with Gasteiger partial charge in [-0.15, -0.1) is 0 Å². The van der Waals surface area contributed by atoms with E-state index in [1.807, 2.05) is 19.1 Å². The van der Waals surface area contributed by atoms with E-state index in [1.165, 1.54) is 11.1 Å². The summed E-state index contributed by atoms with van der Waals surface area (Å²) in [4.78, 5) is 11.9. The van der Waals surface area contributed by atoms with E-state index in [0.29, 0.717) is 6.61 Å². The monoisotopic (exact) mass is 233 g/mol. The molecule has 0 spiro atoms. The van der Waals surface area contributed by atoms with E-state index in [9.17, 15) is 4.79 Å². The predicted octanol–water partition coefficient (Wildman–Crippen LogP) is 1.94. The molecule has 0 atom stereocenters. The molecule has 0 unspecified atom stereocenters. The summed E-state index contributed by atoms with van der Waals surface area (Å²) in [6.45, 7) is 4.78. The molecule has 1 N–H and O–H groups in total. The van der Waals surface area contributed by atoms with Crippen LogP contribution in [0.4, 0.5) is 0 Å². The van der Waals surface area contributed by atoms with Gasteiger partial charge in [0.1, 0.15) is 6.61 Å². The fraction of sp³-hybridized carbons (Fsp3) is 0.500. The second kappa shape index (κ2) is 5.94. The fourth-order valence-electron chi connectivity index (χ4n) is 2.05. The Hall–Kier alpha value is -1.19. The highest BCUT2D eigenvalue weighted by Crippen LogP contribution is 2.16. The highest BCUT2D eigenvalue weighted by molar-refractivity contribution is 5.97. The van der Waals surface area contributed by atoms with Crippen molar-refractivity contribution in [1.82, 2.24) is 5.32 Å². The van der Waals surface area contributed by atoms with Crippen LogP contribution in [0, 0.1) is 0 Å². The molecule has 17 heavy (non-hydrogen) atoms. The number of rotatable bonds is 5. The molecule has 0 fully saturated rings. The molecular weight excluding hydrogens is 214 g/mol. The molecule has 0 radical (unpaired) electrons. The average molecular weight is 233 g/mol. The Morgan fingerprint density at radius 3 is 3.12 bits per heavy atom. The molecule has 2 rings (SSSR count). The summed E-state index contributed by atoms with van der Waals surface area (Å²) in [5.41, 5.74) is 3.37. The van der Waals surface area contributed by atoms with Crippen molar-refractivity contribution in [2.24, 2.45) is 0 Å². The van der Waals surface area contributed by atoms with Crippen molar-refractivity contribution in [3.05, 3.63) is 34.9 Å². The van der Waals surface area contributed by atoms with Crippen molar-refractivity contribution in [2.45, 2.75) is 26.3 Å². The van der Waals surface area contributed by atoms with Crippen LogP contribution in [0.1, 0.15) is 34.8 Å². The summed E-state index contributed by atoms with van der Waals surface area (Å²) in [5.74, 6) is 0.0758. The van der Waals surface area contributed by atoms with Crippen molar-refractivity contribution in [1.29, 1.82) is 0 Å². The SMILES string of the molecule is CCCOCC(=O)c1ccc2c(c1)CNCC2. The van der Waals surface area contributed by atoms with Gasteiger partial charge in [-0.25, -0.2) is 0 Å². The van der Waals surface area contributed by atoms with Crippen molar-refractivity contribution in [2.75, 3.05) is 19.8 Å². The minimum Gasteiger partial charge on any atom is -0.373 e. The number of benzene rings is 1. The van der Waals surface area contributed by atoms with Gasteiger partial charge in [-0.05, 0) is 36.6 Å². The standard InChI is InChI=1S/C14H19NO2/c1-2-7-17-10-14(16)12-4-3-11-5-6-15-9-13(11)8-12/h3-4,8,15H,2,5-7,9-10H2,1H3. The Morgan fingerprint density at radius 2 is 2.29 bits per heavy atom. The summed E-state index contributed by atoms with van der Waals surface area (Å²) < 4.78 is 5.28. The second-order valence-corrected chi connectivity index (χ2v) is 4.39. The topological polar surface area (TPSA) is 38.3 Å². The summed E-state index contributed by atoms with van der Waals surface area (Å²) in [6.07, 6.45) is 2.00. The molecule has 0 saturated heterocycles. The number of carbonyl (C=O) groups excluding carboxylic acids is 1. The number of ketones is 1. The lowest BCUT2D eigenvalue weighted by atomic mass is 9.97. The van der Waals surface area contributed by atoms with Gasteiger partial charge >= 0.3 is 0 Å². The van der Waals surface area contributed by atoms with Crippen molar-refractivity contribution in [3.63, 3.8) is 0 Å². The molecule has 1 aliphatic heterocycles. The number of hydrogen-bond acceptors (Lipinski definition) is 3. The van der Waals surface area contributed by atoms with Gasteiger partial charge in [0.25, 0.3) is 0 Å². The van der Waals surface area contributed by atoms with E-state index >= 15 is 0 Å². The van der Waals surface area contributed by atoms with Gasteiger partial charge in [0.05, 0.1) is 0 Å². The largest absolute Gasteiger partial charge is 0.373 e. The molecule has 0 aliphatic carbocycles. The van der Waals surface area contributed by atoms with Crippen molar-refractivity contribution in [3.8, 4) is 0 Å². The molecule has 1 heterocycles. The van der Waals surface area contributed by atoms with Crippen LogP contribution >= 0.6 is 0 Å². The lowest BCUT2D eigenvalue weighted by molar-refractivity contribution is 0.0761. The summed E-state index contributed by atoms with van der Waals surface area (Å²) >= 11 is 0. The van der Waals surface area contributed by atoms with E-state index in [-0.39, 0.29) is 12.4 Å². The quantitative estimate of drug-likeness (QED) is 0.624. The minimum atomic E-state index is 0.0758. The van der Waals surface area contributed by atoms with Crippen LogP contribution in [0.5, 0.6) is 0 Å². The third kappa shape index (κ3) is 3.14. The van der Waals surface area contributed by atoms with E-state index < -0.39 is 0 Å². The smallest absolute Gasteiger partial charge is 0.188 e. The Morgan fingerprint density at radius 1 is 1.41 bits per heavy atom. The second-order valence-electron chi connectivity index (χ2n) is 4.39. The molecule has 0 aromatic heterocycles. The molecule has 0 bridgehead atoms. The van der Waals surface area contributed by atoms with Gasteiger partial charge < -0.3 is 10.1 Å². The maximum Gasteiger partial charge on any atom is 0.188 e. The predicted molar refractivity (Wildman–Crippen MR) is 67.3 cm³/mol. The Balaban J connectivity index is 2.03. The zero-order valence-corrected chi connectivity index (χ0v) is 10.3. The van der Waals surface area contributed by atoms with E-state index in [2.05, 4.69) is 11.4 Å². The zero-order chi connectivity index (χ0) is 12.1. The van der Waals surface area contributed by atoms with Crippen LogP contribution in [0.15, 0.2) is 18.2 Å². The Labute approximate surface area is 102 Å². The third-order valence-corrected chi connectivity index (χ3v) is 3.00. The molecule has 1 aliphatic rings. The number of hydrogen-bond donors (Lipinski definition) is 1. The average Bonchev–Trinajstić information content (AvgIpc) is 2.38. The molecular formula is C14H19NO2. The maximum absolute atomic E-state index is 11.9. The first-order valence-corrected chi connectivity index (χ1v) is 6.24. The normalized spacial score (nSPS) is 14.4. The number of carbonyl (C=O) groups is 1. The van der Waals surface area contributed by atoms with Crippen molar-refractivity contribution >= 4 is 5.78 Å². The Bertz CT molecular complexity index is 401. The molecule has 0 saturated carbocycles. The lowest BCUT2D eigenvalue weighted by Gasteiger charge is -2.17. The van der Waals surface area contributed by atoms with Crippen LogP contribution in [0.3, 0.4) is 0 Å². The van der Waals surface area contributed by atoms with Crippen LogP contribution in [0.25, 0.3) is 0 Å². The van der Waals surface area contributed by atoms with Gasteiger partial charge in [0, 0.05) is 18.7 Å². The fourth-order valence-corrected chi connectivity index (χ4v) is 2.05. The van der Waals surface area contributed by atoms with Gasteiger partial charge in [0.15, 0.2) is 5.78 Å². The Kier molecular flexibility index (Phi) is 4.29. The van der Waals surface area contributed by atoms with Crippen LogP contribution in [-0.2, 0) is 17.7 Å². The number of fused-ring (bicyclic) bond motifs is 1. The van der Waals surface area contributed by atoms with Crippen molar-refractivity contribution < 1.29 is 9.53 Å². The van der Waals surface area contributed by atoms with Gasteiger partial charge in [-0.1, -0.05) is 19.1 Å². The molecule has 1 aromatic carbocycles. The molecule has 92 valence electrons. The zero-order valence-electron chi connectivity index (χ0n) is 10.3. The van der Waals surface area contributed by atoms with Crippen LogP contribution in [-0.4, -0.2) is 25.5 Å². The molecule has 1 aromatic rings. The van der Waals surface area contributed by atoms with E-state index in [4.69, 9.17) is 4.74 Å². The summed E-state index contributed by atoms with van der Waals surface area (Å²) in [7, 11) is 0. The molecule has 3 nitrogen and oxygen atoms in total.